The summed E-state index contributed by atoms with van der Waals surface area (Å²) >= 11 is 0. The fourth-order valence-corrected chi connectivity index (χ4v) is 1.71. The van der Waals surface area contributed by atoms with Gasteiger partial charge in [-0.2, -0.15) is 0 Å². The minimum atomic E-state index is 0.154. The molecule has 0 aliphatic rings. The van der Waals surface area contributed by atoms with Crippen LogP contribution >= 0.6 is 0 Å². The van der Waals surface area contributed by atoms with Crippen LogP contribution < -0.4 is 16.0 Å². The van der Waals surface area contributed by atoms with Gasteiger partial charge >= 0.3 is 0 Å². The van der Waals surface area contributed by atoms with Crippen molar-refractivity contribution in [3.63, 3.8) is 0 Å². The first-order chi connectivity index (χ1) is 7.19. The first-order valence-corrected chi connectivity index (χ1v) is 5.28. The SMILES string of the molecule is COc1ccccc1C(CC(C)C)NN. The lowest BCUT2D eigenvalue weighted by atomic mass is 9.97. The van der Waals surface area contributed by atoms with Crippen molar-refractivity contribution >= 4 is 0 Å². The summed E-state index contributed by atoms with van der Waals surface area (Å²) in [6, 6.07) is 8.13. The molecule has 1 unspecified atom stereocenters. The van der Waals surface area contributed by atoms with E-state index in [9.17, 15) is 0 Å². The van der Waals surface area contributed by atoms with Crippen LogP contribution in [-0.2, 0) is 0 Å². The largest absolute Gasteiger partial charge is 0.496 e. The quantitative estimate of drug-likeness (QED) is 0.576. The van der Waals surface area contributed by atoms with Gasteiger partial charge in [0, 0.05) is 11.6 Å². The molecule has 0 aliphatic carbocycles. The number of methoxy groups -OCH3 is 1. The van der Waals surface area contributed by atoms with Crippen LogP contribution in [0.2, 0.25) is 0 Å². The van der Waals surface area contributed by atoms with Gasteiger partial charge in [-0.05, 0) is 18.4 Å². The van der Waals surface area contributed by atoms with Gasteiger partial charge in [-0.15, -0.1) is 0 Å². The Kier molecular flexibility index (Phi) is 4.59. The molecule has 0 spiro atoms. The van der Waals surface area contributed by atoms with E-state index in [0.717, 1.165) is 17.7 Å². The monoisotopic (exact) mass is 208 g/mol. The van der Waals surface area contributed by atoms with Crippen LogP contribution in [-0.4, -0.2) is 7.11 Å². The number of hydrogen-bond acceptors (Lipinski definition) is 3. The maximum Gasteiger partial charge on any atom is 0.123 e. The molecule has 1 aromatic carbocycles. The summed E-state index contributed by atoms with van der Waals surface area (Å²) in [5.41, 5.74) is 3.97. The third kappa shape index (κ3) is 3.22. The van der Waals surface area contributed by atoms with Gasteiger partial charge in [0.1, 0.15) is 5.75 Å². The predicted molar refractivity (Wildman–Crippen MR) is 62.5 cm³/mol. The van der Waals surface area contributed by atoms with Gasteiger partial charge in [0.05, 0.1) is 7.11 Å². The molecule has 1 aromatic rings. The Balaban J connectivity index is 2.90. The molecule has 0 aliphatic heterocycles. The molecule has 3 nitrogen and oxygen atoms in total. The second-order valence-corrected chi connectivity index (χ2v) is 4.09. The van der Waals surface area contributed by atoms with Gasteiger partial charge in [-0.25, -0.2) is 0 Å². The van der Waals surface area contributed by atoms with Gasteiger partial charge in [-0.3, -0.25) is 11.3 Å². The molecule has 3 N–H and O–H groups in total. The van der Waals surface area contributed by atoms with Gasteiger partial charge in [-0.1, -0.05) is 32.0 Å². The molecule has 0 aromatic heterocycles. The van der Waals surface area contributed by atoms with Crippen molar-refractivity contribution in [1.82, 2.24) is 5.43 Å². The maximum absolute atomic E-state index is 5.57. The number of hydrazine groups is 1. The van der Waals surface area contributed by atoms with E-state index in [2.05, 4.69) is 19.3 Å². The van der Waals surface area contributed by atoms with Crippen LogP contribution in [0.1, 0.15) is 31.9 Å². The molecule has 84 valence electrons. The maximum atomic E-state index is 5.57. The molecule has 0 amide bonds. The highest BCUT2D eigenvalue weighted by molar-refractivity contribution is 5.35. The van der Waals surface area contributed by atoms with Crippen molar-refractivity contribution in [3.8, 4) is 5.75 Å². The number of ether oxygens (including phenoxy) is 1. The zero-order valence-corrected chi connectivity index (χ0v) is 9.66. The molecular weight excluding hydrogens is 188 g/mol. The lowest BCUT2D eigenvalue weighted by Crippen LogP contribution is -2.29. The topological polar surface area (TPSA) is 47.3 Å². The normalized spacial score (nSPS) is 12.9. The molecule has 0 saturated carbocycles. The molecule has 3 heteroatoms. The summed E-state index contributed by atoms with van der Waals surface area (Å²) < 4.78 is 5.31. The minimum Gasteiger partial charge on any atom is -0.496 e. The molecule has 0 radical (unpaired) electrons. The number of rotatable bonds is 5. The van der Waals surface area contributed by atoms with Crippen LogP contribution in [0.3, 0.4) is 0 Å². The average molecular weight is 208 g/mol. The van der Waals surface area contributed by atoms with Crippen LogP contribution in [0, 0.1) is 5.92 Å². The Morgan fingerprint density at radius 2 is 2.00 bits per heavy atom. The van der Waals surface area contributed by atoms with Gasteiger partial charge in [0.2, 0.25) is 0 Å². The van der Waals surface area contributed by atoms with Crippen LogP contribution in [0.15, 0.2) is 24.3 Å². The highest BCUT2D eigenvalue weighted by atomic mass is 16.5. The first-order valence-electron chi connectivity index (χ1n) is 5.28. The van der Waals surface area contributed by atoms with Gasteiger partial charge in [0.15, 0.2) is 0 Å². The summed E-state index contributed by atoms with van der Waals surface area (Å²) in [6.45, 7) is 4.36. The number of hydrogen-bond donors (Lipinski definition) is 2. The number of nitrogens with one attached hydrogen (secondary N) is 1. The van der Waals surface area contributed by atoms with Crippen molar-refractivity contribution in [2.24, 2.45) is 11.8 Å². The zero-order chi connectivity index (χ0) is 11.3. The third-order valence-electron chi connectivity index (χ3n) is 2.42. The van der Waals surface area contributed by atoms with Crippen molar-refractivity contribution in [2.45, 2.75) is 26.3 Å². The second-order valence-electron chi connectivity index (χ2n) is 4.09. The molecule has 0 bridgehead atoms. The molecule has 0 fully saturated rings. The van der Waals surface area contributed by atoms with E-state index in [4.69, 9.17) is 10.6 Å². The predicted octanol–water partition coefficient (Wildman–Crippen LogP) is 2.25. The van der Waals surface area contributed by atoms with Crippen LogP contribution in [0.4, 0.5) is 0 Å². The highest BCUT2D eigenvalue weighted by Gasteiger charge is 2.15. The van der Waals surface area contributed by atoms with Crippen molar-refractivity contribution in [1.29, 1.82) is 0 Å². The zero-order valence-electron chi connectivity index (χ0n) is 9.66. The van der Waals surface area contributed by atoms with E-state index in [0.29, 0.717) is 5.92 Å². The Morgan fingerprint density at radius 3 is 2.53 bits per heavy atom. The smallest absolute Gasteiger partial charge is 0.123 e. The van der Waals surface area contributed by atoms with Crippen LogP contribution in [0.25, 0.3) is 0 Å². The van der Waals surface area contributed by atoms with E-state index in [-0.39, 0.29) is 6.04 Å². The summed E-state index contributed by atoms with van der Waals surface area (Å²) in [7, 11) is 1.68. The number of para-hydroxylation sites is 1. The summed E-state index contributed by atoms with van der Waals surface area (Å²) in [4.78, 5) is 0. The van der Waals surface area contributed by atoms with Crippen molar-refractivity contribution in [3.05, 3.63) is 29.8 Å². The molecule has 15 heavy (non-hydrogen) atoms. The Labute approximate surface area is 91.6 Å². The first kappa shape index (κ1) is 12.0. The van der Waals surface area contributed by atoms with Crippen molar-refractivity contribution < 1.29 is 4.74 Å². The molecule has 1 rings (SSSR count). The van der Waals surface area contributed by atoms with E-state index in [1.165, 1.54) is 0 Å². The fourth-order valence-electron chi connectivity index (χ4n) is 1.71. The number of nitrogens with two attached hydrogens (primary N) is 1. The third-order valence-corrected chi connectivity index (χ3v) is 2.42. The molecule has 1 atom stereocenters. The summed E-state index contributed by atoms with van der Waals surface area (Å²) in [5, 5.41) is 0. The summed E-state index contributed by atoms with van der Waals surface area (Å²) in [6.07, 6.45) is 0.997. The second kappa shape index (κ2) is 5.73. The van der Waals surface area contributed by atoms with Gasteiger partial charge in [0.25, 0.3) is 0 Å². The Bertz CT molecular complexity index is 299. The van der Waals surface area contributed by atoms with E-state index >= 15 is 0 Å². The Hall–Kier alpha value is -1.06. The average Bonchev–Trinajstić information content (AvgIpc) is 2.25. The van der Waals surface area contributed by atoms with E-state index < -0.39 is 0 Å². The lowest BCUT2D eigenvalue weighted by molar-refractivity contribution is 0.383. The lowest BCUT2D eigenvalue weighted by Gasteiger charge is -2.20. The molecular formula is C12H20N2O. The fraction of sp³-hybridized carbons (Fsp3) is 0.500. The molecule has 0 heterocycles. The Morgan fingerprint density at radius 1 is 1.33 bits per heavy atom. The van der Waals surface area contributed by atoms with E-state index in [1.54, 1.807) is 7.11 Å². The number of benzene rings is 1. The van der Waals surface area contributed by atoms with E-state index in [1.807, 2.05) is 24.3 Å². The van der Waals surface area contributed by atoms with Crippen molar-refractivity contribution in [2.75, 3.05) is 7.11 Å². The summed E-state index contributed by atoms with van der Waals surface area (Å²) in [5.74, 6) is 7.05. The standard InChI is InChI=1S/C12H20N2O/c1-9(2)8-11(14-13)10-6-4-5-7-12(10)15-3/h4-7,9,11,14H,8,13H2,1-3H3. The minimum absolute atomic E-state index is 0.154. The van der Waals surface area contributed by atoms with Crippen LogP contribution in [0.5, 0.6) is 5.75 Å². The highest BCUT2D eigenvalue weighted by Crippen LogP contribution is 2.28. The van der Waals surface area contributed by atoms with Gasteiger partial charge < -0.3 is 4.74 Å². The molecule has 0 saturated heterocycles.